The van der Waals surface area contributed by atoms with Crippen molar-refractivity contribution in [3.63, 3.8) is 0 Å². The van der Waals surface area contributed by atoms with Gasteiger partial charge in [0.2, 0.25) is 0 Å². The molecular formula is C14H17Cl2N3. The largest absolute Gasteiger partial charge is 0.308 e. The molecule has 3 nitrogen and oxygen atoms in total. The molecule has 0 spiro atoms. The number of aromatic nitrogens is 2. The van der Waals surface area contributed by atoms with E-state index in [0.717, 1.165) is 30.8 Å². The Kier molecular flexibility index (Phi) is 4.86. The van der Waals surface area contributed by atoms with Crippen molar-refractivity contribution in [2.75, 3.05) is 0 Å². The summed E-state index contributed by atoms with van der Waals surface area (Å²) >= 11 is 11.9. The van der Waals surface area contributed by atoms with Crippen molar-refractivity contribution in [2.45, 2.75) is 26.4 Å². The SMILES string of the molecule is CCc1nn(C)cc1CNCc1cc(Cl)cc(Cl)c1. The molecule has 0 atom stereocenters. The first-order valence-corrected chi connectivity index (χ1v) is 7.01. The fraction of sp³-hybridized carbons (Fsp3) is 0.357. The molecule has 0 bridgehead atoms. The van der Waals surface area contributed by atoms with Crippen molar-refractivity contribution in [1.82, 2.24) is 15.1 Å². The molecule has 1 aromatic heterocycles. The summed E-state index contributed by atoms with van der Waals surface area (Å²) in [7, 11) is 1.94. The monoisotopic (exact) mass is 297 g/mol. The number of nitrogens with one attached hydrogen (secondary N) is 1. The van der Waals surface area contributed by atoms with Gasteiger partial charge in [0.25, 0.3) is 0 Å². The molecule has 0 aliphatic heterocycles. The molecule has 0 unspecified atom stereocenters. The van der Waals surface area contributed by atoms with Gasteiger partial charge in [0, 0.05) is 41.9 Å². The van der Waals surface area contributed by atoms with Gasteiger partial charge in [-0.05, 0) is 30.2 Å². The lowest BCUT2D eigenvalue weighted by molar-refractivity contribution is 0.688. The maximum absolute atomic E-state index is 5.97. The van der Waals surface area contributed by atoms with Crippen LogP contribution in [0.25, 0.3) is 0 Å². The van der Waals surface area contributed by atoms with Crippen LogP contribution in [0.1, 0.15) is 23.7 Å². The lowest BCUT2D eigenvalue weighted by Gasteiger charge is -2.06. The fourth-order valence-electron chi connectivity index (χ4n) is 2.08. The Bertz CT molecular complexity index is 544. The number of hydrogen-bond acceptors (Lipinski definition) is 2. The van der Waals surface area contributed by atoms with Gasteiger partial charge in [0.1, 0.15) is 0 Å². The highest BCUT2D eigenvalue weighted by atomic mass is 35.5. The molecule has 5 heteroatoms. The van der Waals surface area contributed by atoms with Crippen LogP contribution in [0.4, 0.5) is 0 Å². The first-order valence-electron chi connectivity index (χ1n) is 6.25. The molecule has 0 aliphatic rings. The van der Waals surface area contributed by atoms with Crippen LogP contribution in [0.3, 0.4) is 0 Å². The van der Waals surface area contributed by atoms with Crippen LogP contribution in [-0.4, -0.2) is 9.78 Å². The molecule has 19 heavy (non-hydrogen) atoms. The van der Waals surface area contributed by atoms with Gasteiger partial charge < -0.3 is 5.32 Å². The highest BCUT2D eigenvalue weighted by Crippen LogP contribution is 2.19. The number of hydrogen-bond donors (Lipinski definition) is 1. The van der Waals surface area contributed by atoms with E-state index < -0.39 is 0 Å². The average molecular weight is 298 g/mol. The molecule has 102 valence electrons. The maximum Gasteiger partial charge on any atom is 0.0666 e. The number of nitrogens with zero attached hydrogens (tertiary/aromatic N) is 2. The summed E-state index contributed by atoms with van der Waals surface area (Å²) in [6.45, 7) is 3.64. The summed E-state index contributed by atoms with van der Waals surface area (Å²) in [4.78, 5) is 0. The van der Waals surface area contributed by atoms with E-state index in [0.29, 0.717) is 10.0 Å². The van der Waals surface area contributed by atoms with Gasteiger partial charge >= 0.3 is 0 Å². The van der Waals surface area contributed by atoms with Crippen molar-refractivity contribution in [2.24, 2.45) is 7.05 Å². The Morgan fingerprint density at radius 1 is 1.16 bits per heavy atom. The molecule has 0 saturated heterocycles. The van der Waals surface area contributed by atoms with Crippen molar-refractivity contribution >= 4 is 23.2 Å². The molecule has 0 amide bonds. The Morgan fingerprint density at radius 3 is 2.47 bits per heavy atom. The summed E-state index contributed by atoms with van der Waals surface area (Å²) in [5.74, 6) is 0. The predicted molar refractivity (Wildman–Crippen MR) is 79.6 cm³/mol. The van der Waals surface area contributed by atoms with E-state index >= 15 is 0 Å². The number of rotatable bonds is 5. The molecule has 0 saturated carbocycles. The quantitative estimate of drug-likeness (QED) is 0.914. The Hall–Kier alpha value is -1.03. The predicted octanol–water partition coefficient (Wildman–Crippen LogP) is 3.58. The highest BCUT2D eigenvalue weighted by molar-refractivity contribution is 6.34. The van der Waals surface area contributed by atoms with Crippen LogP contribution in [-0.2, 0) is 26.6 Å². The minimum atomic E-state index is 0.667. The molecule has 1 N–H and O–H groups in total. The molecule has 0 radical (unpaired) electrons. The zero-order valence-electron chi connectivity index (χ0n) is 11.1. The topological polar surface area (TPSA) is 29.9 Å². The molecule has 2 aromatic rings. The standard InChI is InChI=1S/C14H17Cl2N3/c1-3-14-11(9-19(2)18-14)8-17-7-10-4-12(15)6-13(16)5-10/h4-6,9,17H,3,7-8H2,1-2H3. The fourth-order valence-corrected chi connectivity index (χ4v) is 2.65. The Labute approximate surface area is 123 Å². The van der Waals surface area contributed by atoms with E-state index in [1.165, 1.54) is 5.56 Å². The third-order valence-corrected chi connectivity index (χ3v) is 3.33. The minimum Gasteiger partial charge on any atom is -0.308 e. The zero-order valence-corrected chi connectivity index (χ0v) is 12.6. The van der Waals surface area contributed by atoms with E-state index in [-0.39, 0.29) is 0 Å². The van der Waals surface area contributed by atoms with E-state index in [1.54, 1.807) is 6.07 Å². The number of halogens is 2. The molecule has 2 rings (SSSR count). The second-order valence-corrected chi connectivity index (χ2v) is 5.38. The van der Waals surface area contributed by atoms with E-state index in [9.17, 15) is 0 Å². The van der Waals surface area contributed by atoms with Crippen LogP contribution in [0.2, 0.25) is 10.0 Å². The lowest BCUT2D eigenvalue weighted by atomic mass is 10.2. The lowest BCUT2D eigenvalue weighted by Crippen LogP contribution is -2.13. The van der Waals surface area contributed by atoms with Crippen molar-refractivity contribution in [3.8, 4) is 0 Å². The van der Waals surface area contributed by atoms with Crippen LogP contribution in [0.15, 0.2) is 24.4 Å². The van der Waals surface area contributed by atoms with Crippen molar-refractivity contribution < 1.29 is 0 Å². The normalized spacial score (nSPS) is 10.9. The van der Waals surface area contributed by atoms with Gasteiger partial charge in [-0.15, -0.1) is 0 Å². The van der Waals surface area contributed by atoms with E-state index in [4.69, 9.17) is 23.2 Å². The zero-order chi connectivity index (χ0) is 13.8. The average Bonchev–Trinajstić information content (AvgIpc) is 2.68. The van der Waals surface area contributed by atoms with Gasteiger partial charge in [0.15, 0.2) is 0 Å². The molecular weight excluding hydrogens is 281 g/mol. The summed E-state index contributed by atoms with van der Waals surface area (Å²) in [5, 5.41) is 9.14. The Balaban J connectivity index is 1.96. The van der Waals surface area contributed by atoms with Crippen LogP contribution in [0, 0.1) is 0 Å². The molecule has 1 aromatic carbocycles. The van der Waals surface area contributed by atoms with Crippen molar-refractivity contribution in [3.05, 3.63) is 51.3 Å². The van der Waals surface area contributed by atoms with E-state index in [1.807, 2.05) is 23.9 Å². The van der Waals surface area contributed by atoms with E-state index in [2.05, 4.69) is 23.5 Å². The smallest absolute Gasteiger partial charge is 0.0666 e. The van der Waals surface area contributed by atoms with Gasteiger partial charge in [-0.1, -0.05) is 30.1 Å². The van der Waals surface area contributed by atoms with Crippen LogP contribution in [0.5, 0.6) is 0 Å². The van der Waals surface area contributed by atoms with Gasteiger partial charge in [-0.2, -0.15) is 5.10 Å². The first kappa shape index (κ1) is 14.4. The number of benzene rings is 1. The maximum atomic E-state index is 5.97. The van der Waals surface area contributed by atoms with Gasteiger partial charge in [-0.25, -0.2) is 0 Å². The van der Waals surface area contributed by atoms with Gasteiger partial charge in [-0.3, -0.25) is 4.68 Å². The second kappa shape index (κ2) is 6.42. The third-order valence-electron chi connectivity index (χ3n) is 2.89. The second-order valence-electron chi connectivity index (χ2n) is 4.51. The van der Waals surface area contributed by atoms with Crippen molar-refractivity contribution in [1.29, 1.82) is 0 Å². The summed E-state index contributed by atoms with van der Waals surface area (Å²) in [6.07, 6.45) is 3.00. The minimum absolute atomic E-state index is 0.667. The third kappa shape index (κ3) is 3.96. The number of aryl methyl sites for hydroxylation is 2. The highest BCUT2D eigenvalue weighted by Gasteiger charge is 2.05. The first-order chi connectivity index (χ1) is 9.08. The molecule has 1 heterocycles. The van der Waals surface area contributed by atoms with Crippen LogP contribution >= 0.6 is 23.2 Å². The summed E-state index contributed by atoms with van der Waals surface area (Å²) < 4.78 is 1.85. The summed E-state index contributed by atoms with van der Waals surface area (Å²) in [6, 6.07) is 5.58. The Morgan fingerprint density at radius 2 is 1.84 bits per heavy atom. The van der Waals surface area contributed by atoms with Gasteiger partial charge in [0.05, 0.1) is 5.69 Å². The summed E-state index contributed by atoms with van der Waals surface area (Å²) in [5.41, 5.74) is 3.46. The molecule has 0 fully saturated rings. The molecule has 0 aliphatic carbocycles. The van der Waals surface area contributed by atoms with Crippen LogP contribution < -0.4 is 5.32 Å².